The van der Waals surface area contributed by atoms with Crippen LogP contribution in [-0.4, -0.2) is 20.8 Å². The second-order valence-corrected chi connectivity index (χ2v) is 9.37. The van der Waals surface area contributed by atoms with Crippen LogP contribution in [0.3, 0.4) is 0 Å². The fraction of sp³-hybridized carbons (Fsp3) is 0.417. The number of carbonyl (C=O) groups is 1. The van der Waals surface area contributed by atoms with Gasteiger partial charge in [0.25, 0.3) is 5.91 Å². The SMILES string of the molecule is O=C(NC12CC3CC(CC(C3)C1)C2)c1nc(-c2ccccc2F)c2ccccn12. The Balaban J connectivity index is 1.39. The van der Waals surface area contributed by atoms with Gasteiger partial charge in [-0.05, 0) is 80.5 Å². The smallest absolute Gasteiger partial charge is 0.288 e. The number of pyridine rings is 1. The highest BCUT2D eigenvalue weighted by Crippen LogP contribution is 2.55. The lowest BCUT2D eigenvalue weighted by molar-refractivity contribution is -0.0168. The molecular weight excluding hydrogens is 365 g/mol. The van der Waals surface area contributed by atoms with Crippen LogP contribution in [0, 0.1) is 23.6 Å². The number of hydrogen-bond donors (Lipinski definition) is 1. The molecule has 4 fully saturated rings. The van der Waals surface area contributed by atoms with Gasteiger partial charge in [-0.1, -0.05) is 18.2 Å². The molecule has 29 heavy (non-hydrogen) atoms. The highest BCUT2D eigenvalue weighted by molar-refractivity contribution is 5.95. The van der Waals surface area contributed by atoms with Crippen molar-refractivity contribution in [1.82, 2.24) is 14.7 Å². The Morgan fingerprint density at radius 1 is 1.00 bits per heavy atom. The molecule has 5 heteroatoms. The predicted octanol–water partition coefficient (Wildman–Crippen LogP) is 4.84. The van der Waals surface area contributed by atoms with Crippen molar-refractivity contribution in [3.05, 3.63) is 60.3 Å². The van der Waals surface area contributed by atoms with Crippen LogP contribution in [0.5, 0.6) is 0 Å². The summed E-state index contributed by atoms with van der Waals surface area (Å²) in [5.74, 6) is 2.14. The third-order valence-corrected chi connectivity index (χ3v) is 7.30. The second kappa shape index (κ2) is 6.15. The first-order chi connectivity index (χ1) is 14.1. The second-order valence-electron chi connectivity index (χ2n) is 9.37. The molecule has 1 N–H and O–H groups in total. The lowest BCUT2D eigenvalue weighted by Crippen LogP contribution is -2.60. The van der Waals surface area contributed by atoms with Gasteiger partial charge in [-0.3, -0.25) is 9.20 Å². The van der Waals surface area contributed by atoms with E-state index >= 15 is 0 Å². The fourth-order valence-corrected chi connectivity index (χ4v) is 6.61. The molecule has 1 amide bonds. The maximum absolute atomic E-state index is 14.5. The minimum absolute atomic E-state index is 0.0788. The standard InChI is InChI=1S/C24H24FN3O/c25-19-6-2-1-5-18(19)21-20-7-3-4-8-28(20)22(26-21)23(29)27-24-12-15-9-16(13-24)11-17(10-15)14-24/h1-8,15-17H,9-14H2,(H,27,29). The largest absolute Gasteiger partial charge is 0.344 e. The molecule has 3 aromatic rings. The molecule has 4 saturated carbocycles. The molecule has 2 aromatic heterocycles. The van der Waals surface area contributed by atoms with E-state index in [1.807, 2.05) is 24.4 Å². The molecule has 0 saturated heterocycles. The van der Waals surface area contributed by atoms with Gasteiger partial charge in [0.2, 0.25) is 5.82 Å². The number of fused-ring (bicyclic) bond motifs is 1. The molecule has 7 rings (SSSR count). The van der Waals surface area contributed by atoms with Gasteiger partial charge in [0.15, 0.2) is 0 Å². The average molecular weight is 389 g/mol. The molecule has 1 aromatic carbocycles. The Kier molecular flexibility index (Phi) is 3.65. The van der Waals surface area contributed by atoms with Crippen molar-refractivity contribution in [3.63, 3.8) is 0 Å². The Labute approximate surface area is 169 Å². The summed E-state index contributed by atoms with van der Waals surface area (Å²) in [6, 6.07) is 12.3. The lowest BCUT2D eigenvalue weighted by atomic mass is 9.53. The molecule has 4 aliphatic rings. The van der Waals surface area contributed by atoms with E-state index in [2.05, 4.69) is 10.3 Å². The van der Waals surface area contributed by atoms with Crippen LogP contribution < -0.4 is 5.32 Å². The Morgan fingerprint density at radius 3 is 2.34 bits per heavy atom. The first-order valence-electron chi connectivity index (χ1n) is 10.6. The number of rotatable bonds is 3. The minimum atomic E-state index is -0.329. The van der Waals surface area contributed by atoms with E-state index in [4.69, 9.17) is 0 Å². The number of imidazole rings is 1. The summed E-state index contributed by atoms with van der Waals surface area (Å²) < 4.78 is 16.2. The van der Waals surface area contributed by atoms with Gasteiger partial charge >= 0.3 is 0 Å². The molecule has 0 unspecified atom stereocenters. The summed E-state index contributed by atoms with van der Waals surface area (Å²) in [7, 11) is 0. The van der Waals surface area contributed by atoms with E-state index in [9.17, 15) is 9.18 Å². The number of halogens is 1. The average Bonchev–Trinajstić information content (AvgIpc) is 3.07. The molecular formula is C24H24FN3O. The van der Waals surface area contributed by atoms with E-state index in [0.29, 0.717) is 17.1 Å². The Hall–Kier alpha value is -2.69. The van der Waals surface area contributed by atoms with Crippen molar-refractivity contribution in [2.24, 2.45) is 17.8 Å². The highest BCUT2D eigenvalue weighted by Gasteiger charge is 2.51. The zero-order valence-corrected chi connectivity index (χ0v) is 16.3. The predicted molar refractivity (Wildman–Crippen MR) is 109 cm³/mol. The van der Waals surface area contributed by atoms with E-state index in [1.165, 1.54) is 25.3 Å². The number of nitrogens with zero attached hydrogens (tertiary/aromatic N) is 2. The first-order valence-corrected chi connectivity index (χ1v) is 10.6. The van der Waals surface area contributed by atoms with Gasteiger partial charge in [-0.2, -0.15) is 0 Å². The molecule has 4 bridgehead atoms. The zero-order chi connectivity index (χ0) is 19.6. The summed E-state index contributed by atoms with van der Waals surface area (Å²) in [6.45, 7) is 0. The van der Waals surface area contributed by atoms with E-state index < -0.39 is 0 Å². The van der Waals surface area contributed by atoms with Gasteiger partial charge in [-0.15, -0.1) is 0 Å². The van der Waals surface area contributed by atoms with Crippen LogP contribution in [-0.2, 0) is 0 Å². The number of nitrogens with one attached hydrogen (secondary N) is 1. The maximum atomic E-state index is 14.5. The van der Waals surface area contributed by atoms with Gasteiger partial charge in [-0.25, -0.2) is 9.37 Å². The topological polar surface area (TPSA) is 46.4 Å². The Morgan fingerprint density at radius 2 is 1.66 bits per heavy atom. The highest BCUT2D eigenvalue weighted by atomic mass is 19.1. The van der Waals surface area contributed by atoms with Crippen molar-refractivity contribution in [1.29, 1.82) is 0 Å². The fourth-order valence-electron chi connectivity index (χ4n) is 6.61. The summed E-state index contributed by atoms with van der Waals surface area (Å²) in [4.78, 5) is 18.0. The lowest BCUT2D eigenvalue weighted by Gasteiger charge is -2.56. The van der Waals surface area contributed by atoms with Crippen molar-refractivity contribution >= 4 is 11.4 Å². The molecule has 0 radical (unpaired) electrons. The third kappa shape index (κ3) is 2.70. The molecule has 4 aliphatic carbocycles. The number of benzene rings is 1. The van der Waals surface area contributed by atoms with Crippen molar-refractivity contribution in [2.45, 2.75) is 44.1 Å². The van der Waals surface area contributed by atoms with Crippen LogP contribution >= 0.6 is 0 Å². The van der Waals surface area contributed by atoms with Crippen molar-refractivity contribution < 1.29 is 9.18 Å². The van der Waals surface area contributed by atoms with Gasteiger partial charge in [0.05, 0.1) is 11.2 Å². The molecule has 2 heterocycles. The molecule has 148 valence electrons. The van der Waals surface area contributed by atoms with Gasteiger partial charge in [0, 0.05) is 17.3 Å². The maximum Gasteiger partial charge on any atom is 0.288 e. The number of amides is 1. The zero-order valence-electron chi connectivity index (χ0n) is 16.3. The van der Waals surface area contributed by atoms with Gasteiger partial charge < -0.3 is 5.32 Å². The summed E-state index contributed by atoms with van der Waals surface area (Å²) in [5, 5.41) is 3.40. The van der Waals surface area contributed by atoms with E-state index in [0.717, 1.165) is 42.5 Å². The summed E-state index contributed by atoms with van der Waals surface area (Å²) in [6.07, 6.45) is 9.11. The number of aromatic nitrogens is 2. The molecule has 4 nitrogen and oxygen atoms in total. The number of carbonyl (C=O) groups excluding carboxylic acids is 1. The van der Waals surface area contributed by atoms with Crippen LogP contribution in [0.25, 0.3) is 16.8 Å². The number of hydrogen-bond acceptors (Lipinski definition) is 2. The third-order valence-electron chi connectivity index (χ3n) is 7.30. The Bertz CT molecular complexity index is 1080. The van der Waals surface area contributed by atoms with Crippen LogP contribution in [0.15, 0.2) is 48.7 Å². The van der Waals surface area contributed by atoms with Crippen LogP contribution in [0.1, 0.15) is 49.1 Å². The van der Waals surface area contributed by atoms with Crippen molar-refractivity contribution in [2.75, 3.05) is 0 Å². The normalized spacial score (nSPS) is 30.0. The minimum Gasteiger partial charge on any atom is -0.344 e. The molecule has 0 atom stereocenters. The van der Waals surface area contributed by atoms with E-state index in [-0.39, 0.29) is 17.3 Å². The monoisotopic (exact) mass is 389 g/mol. The van der Waals surface area contributed by atoms with Crippen molar-refractivity contribution in [3.8, 4) is 11.3 Å². The van der Waals surface area contributed by atoms with Crippen LogP contribution in [0.2, 0.25) is 0 Å². The summed E-state index contributed by atoms with van der Waals surface area (Å²) >= 11 is 0. The quantitative estimate of drug-likeness (QED) is 0.697. The summed E-state index contributed by atoms with van der Waals surface area (Å²) in [5.41, 5.74) is 1.60. The molecule has 0 aliphatic heterocycles. The van der Waals surface area contributed by atoms with Gasteiger partial charge in [0.1, 0.15) is 5.82 Å². The first kappa shape index (κ1) is 17.2. The van der Waals surface area contributed by atoms with Crippen LogP contribution in [0.4, 0.5) is 4.39 Å². The molecule has 0 spiro atoms. The van der Waals surface area contributed by atoms with E-state index in [1.54, 1.807) is 22.6 Å².